The van der Waals surface area contributed by atoms with Crippen LogP contribution in [0.15, 0.2) is 65.1 Å². The van der Waals surface area contributed by atoms with Crippen LogP contribution >= 0.6 is 0 Å². The normalized spacial score (nSPS) is 14.0. The summed E-state index contributed by atoms with van der Waals surface area (Å²) in [6.07, 6.45) is 0.738. The molecular weight excluding hydrogens is 371 g/mol. The molecule has 1 aliphatic heterocycles. The molecule has 5 nitrogen and oxygen atoms in total. The van der Waals surface area contributed by atoms with Gasteiger partial charge in [0.25, 0.3) is 0 Å². The fourth-order valence-corrected chi connectivity index (χ4v) is 3.38. The Morgan fingerprint density at radius 1 is 1.03 bits per heavy atom. The molecule has 4 rings (SSSR count). The van der Waals surface area contributed by atoms with E-state index >= 15 is 0 Å². The molecule has 1 amide bonds. The van der Waals surface area contributed by atoms with Crippen LogP contribution in [-0.4, -0.2) is 32.2 Å². The van der Waals surface area contributed by atoms with Gasteiger partial charge >= 0.3 is 0 Å². The Bertz CT molecular complexity index is 965. The number of benzene rings is 2. The van der Waals surface area contributed by atoms with Gasteiger partial charge in [-0.2, -0.15) is 0 Å². The first-order chi connectivity index (χ1) is 14.2. The number of hydrogen-bond acceptors (Lipinski definition) is 4. The Balaban J connectivity index is 1.32. The van der Waals surface area contributed by atoms with Crippen molar-refractivity contribution in [3.63, 3.8) is 0 Å². The van der Waals surface area contributed by atoms with Crippen molar-refractivity contribution in [2.45, 2.75) is 12.8 Å². The third-order valence-electron chi connectivity index (χ3n) is 4.90. The molecule has 29 heavy (non-hydrogen) atoms. The van der Waals surface area contributed by atoms with E-state index in [1.807, 2.05) is 47.4 Å². The number of amides is 1. The highest BCUT2D eigenvalue weighted by atomic mass is 19.1. The highest BCUT2D eigenvalue weighted by Gasteiger charge is 2.16. The van der Waals surface area contributed by atoms with Crippen molar-refractivity contribution in [1.82, 2.24) is 0 Å². The van der Waals surface area contributed by atoms with Gasteiger partial charge in [-0.3, -0.25) is 4.79 Å². The molecule has 0 radical (unpaired) electrons. The number of carbonyl (C=O) groups excluding carboxylic acids is 1. The second-order valence-corrected chi connectivity index (χ2v) is 6.95. The molecule has 1 aromatic heterocycles. The van der Waals surface area contributed by atoms with E-state index in [4.69, 9.17) is 9.15 Å². The van der Waals surface area contributed by atoms with Gasteiger partial charge < -0.3 is 19.4 Å². The van der Waals surface area contributed by atoms with Crippen LogP contribution in [0.1, 0.15) is 12.2 Å². The van der Waals surface area contributed by atoms with Crippen LogP contribution in [-0.2, 0) is 16.0 Å². The van der Waals surface area contributed by atoms with Gasteiger partial charge in [0.2, 0.25) is 5.91 Å². The molecular formula is C23H23FN2O3. The van der Waals surface area contributed by atoms with Gasteiger partial charge in [-0.05, 0) is 30.3 Å². The molecule has 2 aromatic carbocycles. The standard InChI is InChI=1S/C23H23FN2O3/c24-20-16-18(6-9-21(20)26-12-14-28-15-13-26)25-23(27)11-8-19-7-10-22(29-19)17-4-2-1-3-5-17/h1-7,9-10,16H,8,11-15H2,(H,25,27). The molecule has 0 spiro atoms. The van der Waals surface area contributed by atoms with E-state index in [9.17, 15) is 9.18 Å². The number of rotatable bonds is 6. The molecule has 1 saturated heterocycles. The largest absolute Gasteiger partial charge is 0.461 e. The van der Waals surface area contributed by atoms with Crippen LogP contribution in [0.3, 0.4) is 0 Å². The van der Waals surface area contributed by atoms with E-state index in [1.54, 1.807) is 12.1 Å². The number of nitrogens with one attached hydrogen (secondary N) is 1. The Morgan fingerprint density at radius 2 is 1.83 bits per heavy atom. The van der Waals surface area contributed by atoms with Gasteiger partial charge in [0.05, 0.1) is 18.9 Å². The summed E-state index contributed by atoms with van der Waals surface area (Å²) >= 11 is 0. The van der Waals surface area contributed by atoms with E-state index < -0.39 is 0 Å². The molecule has 1 fully saturated rings. The maximum atomic E-state index is 14.5. The molecule has 0 saturated carbocycles. The Labute approximate surface area is 169 Å². The van der Waals surface area contributed by atoms with Crippen molar-refractivity contribution in [2.24, 2.45) is 0 Å². The molecule has 0 bridgehead atoms. The summed E-state index contributed by atoms with van der Waals surface area (Å²) in [5, 5.41) is 2.76. The summed E-state index contributed by atoms with van der Waals surface area (Å²) in [5.41, 5.74) is 1.99. The van der Waals surface area contributed by atoms with Crippen molar-refractivity contribution >= 4 is 17.3 Å². The highest BCUT2D eigenvalue weighted by molar-refractivity contribution is 5.91. The number of ether oxygens (including phenoxy) is 1. The van der Waals surface area contributed by atoms with Crippen molar-refractivity contribution in [3.8, 4) is 11.3 Å². The second-order valence-electron chi connectivity index (χ2n) is 6.95. The molecule has 3 aromatic rings. The van der Waals surface area contributed by atoms with Gasteiger partial charge in [-0.1, -0.05) is 30.3 Å². The molecule has 0 atom stereocenters. The fourth-order valence-electron chi connectivity index (χ4n) is 3.38. The Morgan fingerprint density at radius 3 is 2.59 bits per heavy atom. The Hall–Kier alpha value is -3.12. The van der Waals surface area contributed by atoms with Crippen molar-refractivity contribution in [3.05, 3.63) is 72.2 Å². The van der Waals surface area contributed by atoms with Gasteiger partial charge in [0.1, 0.15) is 17.3 Å². The van der Waals surface area contributed by atoms with Crippen LogP contribution in [0.2, 0.25) is 0 Å². The minimum atomic E-state index is -0.344. The van der Waals surface area contributed by atoms with E-state index in [-0.39, 0.29) is 18.1 Å². The Kier molecular flexibility index (Phi) is 5.91. The lowest BCUT2D eigenvalue weighted by Crippen LogP contribution is -2.36. The van der Waals surface area contributed by atoms with Crippen molar-refractivity contribution in [2.75, 3.05) is 36.5 Å². The van der Waals surface area contributed by atoms with Crippen LogP contribution in [0, 0.1) is 5.82 Å². The number of aryl methyl sites for hydroxylation is 1. The highest BCUT2D eigenvalue weighted by Crippen LogP contribution is 2.25. The van der Waals surface area contributed by atoms with Crippen molar-refractivity contribution < 1.29 is 18.3 Å². The summed E-state index contributed by atoms with van der Waals surface area (Å²) in [5.74, 6) is 0.999. The number of furan rings is 1. The maximum Gasteiger partial charge on any atom is 0.224 e. The van der Waals surface area contributed by atoms with Crippen LogP contribution < -0.4 is 10.2 Å². The van der Waals surface area contributed by atoms with Crippen molar-refractivity contribution in [1.29, 1.82) is 0 Å². The molecule has 0 aliphatic carbocycles. The first-order valence-electron chi connectivity index (χ1n) is 9.75. The molecule has 150 valence electrons. The van der Waals surface area contributed by atoms with Crippen LogP contribution in [0.4, 0.5) is 15.8 Å². The van der Waals surface area contributed by atoms with E-state index in [1.165, 1.54) is 6.07 Å². The van der Waals surface area contributed by atoms with Gasteiger partial charge in [-0.25, -0.2) is 4.39 Å². The predicted molar refractivity (Wildman–Crippen MR) is 111 cm³/mol. The lowest BCUT2D eigenvalue weighted by molar-refractivity contribution is -0.116. The molecule has 2 heterocycles. The minimum Gasteiger partial charge on any atom is -0.461 e. The topological polar surface area (TPSA) is 54.7 Å². The molecule has 0 unspecified atom stereocenters. The summed E-state index contributed by atoms with van der Waals surface area (Å²) < 4.78 is 25.6. The fraction of sp³-hybridized carbons (Fsp3) is 0.261. The first-order valence-corrected chi connectivity index (χ1v) is 9.75. The molecule has 1 aliphatic rings. The van der Waals surface area contributed by atoms with E-state index in [2.05, 4.69) is 5.32 Å². The zero-order chi connectivity index (χ0) is 20.1. The van der Waals surface area contributed by atoms with Gasteiger partial charge in [0.15, 0.2) is 0 Å². The molecule has 1 N–H and O–H groups in total. The number of nitrogens with zero attached hydrogens (tertiary/aromatic N) is 1. The lowest BCUT2D eigenvalue weighted by Gasteiger charge is -2.29. The summed E-state index contributed by atoms with van der Waals surface area (Å²) in [6, 6.07) is 18.4. The van der Waals surface area contributed by atoms with E-state index in [0.29, 0.717) is 44.1 Å². The zero-order valence-electron chi connectivity index (χ0n) is 16.1. The number of carbonyl (C=O) groups is 1. The minimum absolute atomic E-state index is 0.179. The quantitative estimate of drug-likeness (QED) is 0.669. The van der Waals surface area contributed by atoms with Crippen LogP contribution in [0.5, 0.6) is 0 Å². The third kappa shape index (κ3) is 4.84. The number of hydrogen-bond donors (Lipinski definition) is 1. The lowest BCUT2D eigenvalue weighted by atomic mass is 10.2. The van der Waals surface area contributed by atoms with Gasteiger partial charge in [0, 0.05) is 37.2 Å². The second kappa shape index (κ2) is 8.92. The summed E-state index contributed by atoms with van der Waals surface area (Å²) in [7, 11) is 0. The average molecular weight is 394 g/mol. The number of anilines is 2. The van der Waals surface area contributed by atoms with Gasteiger partial charge in [-0.15, -0.1) is 0 Å². The smallest absolute Gasteiger partial charge is 0.224 e. The number of halogens is 1. The number of morpholine rings is 1. The third-order valence-corrected chi connectivity index (χ3v) is 4.90. The SMILES string of the molecule is O=C(CCc1ccc(-c2ccccc2)o1)Nc1ccc(N2CCOCC2)c(F)c1. The molecule has 6 heteroatoms. The van der Waals surface area contributed by atoms with Crippen LogP contribution in [0.25, 0.3) is 11.3 Å². The zero-order valence-corrected chi connectivity index (χ0v) is 16.1. The first kappa shape index (κ1) is 19.2. The average Bonchev–Trinajstić information content (AvgIpc) is 3.23. The van der Waals surface area contributed by atoms with E-state index in [0.717, 1.165) is 17.1 Å². The summed E-state index contributed by atoms with van der Waals surface area (Å²) in [4.78, 5) is 14.2. The predicted octanol–water partition coefficient (Wildman–Crippen LogP) is 4.49. The maximum absolute atomic E-state index is 14.5. The monoisotopic (exact) mass is 394 g/mol. The summed E-state index contributed by atoms with van der Waals surface area (Å²) in [6.45, 7) is 2.51.